The highest BCUT2D eigenvalue weighted by Gasteiger charge is 2.14. The zero-order valence-electron chi connectivity index (χ0n) is 14.8. The van der Waals surface area contributed by atoms with Crippen molar-refractivity contribution in [3.8, 4) is 17.6 Å². The smallest absolute Gasteiger partial charge is 0.317 e. The van der Waals surface area contributed by atoms with Gasteiger partial charge in [0.15, 0.2) is 11.5 Å². The molecule has 0 aliphatic heterocycles. The van der Waals surface area contributed by atoms with Gasteiger partial charge in [-0.15, -0.1) is 11.3 Å². The zero-order chi connectivity index (χ0) is 19.1. The summed E-state index contributed by atoms with van der Waals surface area (Å²) in [6, 6.07) is 16.8. The third-order valence-corrected chi connectivity index (χ3v) is 4.62. The second kappa shape index (κ2) is 8.97. The molecule has 0 atom stereocenters. The lowest BCUT2D eigenvalue weighted by molar-refractivity contribution is -0.133. The van der Waals surface area contributed by atoms with Crippen molar-refractivity contribution < 1.29 is 14.3 Å². The van der Waals surface area contributed by atoms with E-state index in [1.54, 1.807) is 18.2 Å². The second-order valence-electron chi connectivity index (χ2n) is 5.75. The fourth-order valence-electron chi connectivity index (χ4n) is 2.52. The Morgan fingerprint density at radius 1 is 1.19 bits per heavy atom. The van der Waals surface area contributed by atoms with Crippen molar-refractivity contribution in [2.24, 2.45) is 0 Å². The van der Waals surface area contributed by atoms with Crippen molar-refractivity contribution in [2.45, 2.75) is 19.8 Å². The Bertz CT molecular complexity index is 961. The summed E-state index contributed by atoms with van der Waals surface area (Å²) in [6.07, 6.45) is 0.821. The molecule has 1 heterocycles. The van der Waals surface area contributed by atoms with E-state index in [0.717, 1.165) is 11.4 Å². The minimum Gasteiger partial charge on any atom is -0.490 e. The van der Waals surface area contributed by atoms with Crippen molar-refractivity contribution in [3.05, 3.63) is 75.7 Å². The number of rotatable bonds is 7. The van der Waals surface area contributed by atoms with Crippen LogP contribution in [0.1, 0.15) is 28.8 Å². The van der Waals surface area contributed by atoms with Gasteiger partial charge in [0.25, 0.3) is 0 Å². The Morgan fingerprint density at radius 2 is 2.00 bits per heavy atom. The maximum atomic E-state index is 12.3. The Hall–Kier alpha value is -3.17. The third kappa shape index (κ3) is 5.16. The average Bonchev–Trinajstić information content (AvgIpc) is 3.10. The standard InChI is InChI=1S/C21H18N2O3S/c1-2-25-19-10-16(13-22)8-9-18(19)26-21(24)12-17-14-27-20(23-17)11-15-6-4-3-5-7-15/h3-10,14H,2,11-12H2,1H3. The van der Waals surface area contributed by atoms with Crippen LogP contribution in [0.3, 0.4) is 0 Å². The fourth-order valence-corrected chi connectivity index (χ4v) is 3.35. The monoisotopic (exact) mass is 378 g/mol. The van der Waals surface area contributed by atoms with Crippen LogP contribution in [0, 0.1) is 11.3 Å². The molecule has 0 fully saturated rings. The number of nitrogens with zero attached hydrogens (tertiary/aromatic N) is 2. The molecule has 0 unspecified atom stereocenters. The van der Waals surface area contributed by atoms with Crippen LogP contribution in [0.4, 0.5) is 0 Å². The summed E-state index contributed by atoms with van der Waals surface area (Å²) in [5.41, 5.74) is 2.31. The maximum Gasteiger partial charge on any atom is 0.317 e. The third-order valence-electron chi connectivity index (χ3n) is 3.72. The van der Waals surface area contributed by atoms with E-state index in [1.807, 2.05) is 36.6 Å². The second-order valence-corrected chi connectivity index (χ2v) is 6.69. The summed E-state index contributed by atoms with van der Waals surface area (Å²) in [6.45, 7) is 2.24. The summed E-state index contributed by atoms with van der Waals surface area (Å²) in [7, 11) is 0. The van der Waals surface area contributed by atoms with E-state index in [1.165, 1.54) is 16.9 Å². The number of benzene rings is 2. The van der Waals surface area contributed by atoms with Gasteiger partial charge >= 0.3 is 5.97 Å². The van der Waals surface area contributed by atoms with Gasteiger partial charge in [-0.25, -0.2) is 4.98 Å². The lowest BCUT2D eigenvalue weighted by Crippen LogP contribution is -2.12. The van der Waals surface area contributed by atoms with E-state index in [2.05, 4.69) is 17.1 Å². The Balaban J connectivity index is 1.64. The van der Waals surface area contributed by atoms with Gasteiger partial charge in [-0.2, -0.15) is 5.26 Å². The van der Waals surface area contributed by atoms with Gasteiger partial charge in [-0.05, 0) is 24.6 Å². The van der Waals surface area contributed by atoms with Crippen molar-refractivity contribution in [2.75, 3.05) is 6.61 Å². The van der Waals surface area contributed by atoms with Gasteiger partial charge in [0.1, 0.15) is 0 Å². The van der Waals surface area contributed by atoms with E-state index in [-0.39, 0.29) is 6.42 Å². The van der Waals surface area contributed by atoms with Crippen LogP contribution in [0.15, 0.2) is 53.9 Å². The van der Waals surface area contributed by atoms with Crippen LogP contribution in [-0.2, 0) is 17.6 Å². The molecule has 136 valence electrons. The first-order chi connectivity index (χ1) is 13.2. The summed E-state index contributed by atoms with van der Waals surface area (Å²) < 4.78 is 10.9. The Morgan fingerprint density at radius 3 is 2.74 bits per heavy atom. The molecular formula is C21H18N2O3S. The molecule has 0 saturated carbocycles. The van der Waals surface area contributed by atoms with E-state index in [9.17, 15) is 4.79 Å². The number of carbonyl (C=O) groups is 1. The molecule has 0 aliphatic carbocycles. The van der Waals surface area contributed by atoms with Crippen LogP contribution in [0.2, 0.25) is 0 Å². The first-order valence-electron chi connectivity index (χ1n) is 8.52. The first-order valence-corrected chi connectivity index (χ1v) is 9.40. The molecule has 0 N–H and O–H groups in total. The van der Waals surface area contributed by atoms with E-state index >= 15 is 0 Å². The number of nitriles is 1. The molecule has 0 bridgehead atoms. The van der Waals surface area contributed by atoms with E-state index in [4.69, 9.17) is 14.7 Å². The zero-order valence-corrected chi connectivity index (χ0v) is 15.7. The predicted octanol–water partition coefficient (Wildman–Crippen LogP) is 4.15. The Kier molecular flexibility index (Phi) is 6.18. The Labute approximate surface area is 161 Å². The molecule has 3 rings (SSSR count). The van der Waals surface area contributed by atoms with E-state index in [0.29, 0.717) is 29.4 Å². The number of aromatic nitrogens is 1. The summed E-state index contributed by atoms with van der Waals surface area (Å²) in [5.74, 6) is 0.269. The molecule has 5 nitrogen and oxygen atoms in total. The molecule has 3 aromatic rings. The van der Waals surface area contributed by atoms with Gasteiger partial charge in [-0.1, -0.05) is 30.3 Å². The number of esters is 1. The topological polar surface area (TPSA) is 72.2 Å². The lowest BCUT2D eigenvalue weighted by Gasteiger charge is -2.10. The summed E-state index contributed by atoms with van der Waals surface area (Å²) in [5, 5.41) is 11.8. The molecule has 0 radical (unpaired) electrons. The number of hydrogen-bond donors (Lipinski definition) is 0. The number of hydrogen-bond acceptors (Lipinski definition) is 6. The van der Waals surface area contributed by atoms with Crippen LogP contribution in [0.25, 0.3) is 0 Å². The van der Waals surface area contributed by atoms with Crippen molar-refractivity contribution in [3.63, 3.8) is 0 Å². The minimum absolute atomic E-state index is 0.0802. The van der Waals surface area contributed by atoms with Crippen molar-refractivity contribution in [1.29, 1.82) is 5.26 Å². The highest BCUT2D eigenvalue weighted by Crippen LogP contribution is 2.28. The number of carbonyl (C=O) groups excluding carboxylic acids is 1. The summed E-state index contributed by atoms with van der Waals surface area (Å²) >= 11 is 1.53. The van der Waals surface area contributed by atoms with Gasteiger partial charge in [0.05, 0.1) is 35.4 Å². The lowest BCUT2D eigenvalue weighted by atomic mass is 10.2. The quantitative estimate of drug-likeness (QED) is 0.456. The summed E-state index contributed by atoms with van der Waals surface area (Å²) in [4.78, 5) is 16.8. The number of ether oxygens (including phenoxy) is 2. The molecule has 27 heavy (non-hydrogen) atoms. The first kappa shape index (κ1) is 18.6. The molecule has 0 spiro atoms. The average molecular weight is 378 g/mol. The molecular weight excluding hydrogens is 360 g/mol. The molecule has 0 amide bonds. The van der Waals surface area contributed by atoms with E-state index < -0.39 is 5.97 Å². The van der Waals surface area contributed by atoms with Gasteiger partial charge in [0.2, 0.25) is 0 Å². The highest BCUT2D eigenvalue weighted by atomic mass is 32.1. The van der Waals surface area contributed by atoms with Gasteiger partial charge in [0, 0.05) is 17.9 Å². The largest absolute Gasteiger partial charge is 0.490 e. The molecule has 0 aliphatic rings. The maximum absolute atomic E-state index is 12.3. The molecule has 0 saturated heterocycles. The van der Waals surface area contributed by atoms with Crippen LogP contribution < -0.4 is 9.47 Å². The fraction of sp³-hybridized carbons (Fsp3) is 0.190. The van der Waals surface area contributed by atoms with Crippen LogP contribution in [0.5, 0.6) is 11.5 Å². The molecule has 1 aromatic heterocycles. The predicted molar refractivity (Wildman–Crippen MR) is 103 cm³/mol. The normalized spacial score (nSPS) is 10.2. The van der Waals surface area contributed by atoms with Crippen LogP contribution >= 0.6 is 11.3 Å². The number of thiazole rings is 1. The molecule has 6 heteroatoms. The van der Waals surface area contributed by atoms with Gasteiger partial charge in [-0.3, -0.25) is 4.79 Å². The highest BCUT2D eigenvalue weighted by molar-refractivity contribution is 7.09. The van der Waals surface area contributed by atoms with Crippen LogP contribution in [-0.4, -0.2) is 17.6 Å². The van der Waals surface area contributed by atoms with Crippen molar-refractivity contribution >= 4 is 17.3 Å². The van der Waals surface area contributed by atoms with Crippen molar-refractivity contribution in [1.82, 2.24) is 4.98 Å². The SMILES string of the molecule is CCOc1cc(C#N)ccc1OC(=O)Cc1csc(Cc2ccccc2)n1. The van der Waals surface area contributed by atoms with Gasteiger partial charge < -0.3 is 9.47 Å². The molecule has 2 aromatic carbocycles. The minimum atomic E-state index is -0.419.